The SMILES string of the molecule is CC(=O)N(CCCc1ccccc1)CC(=O)N1CCN(C)CC1. The lowest BCUT2D eigenvalue weighted by atomic mass is 10.1. The number of hydrogen-bond donors (Lipinski definition) is 0. The topological polar surface area (TPSA) is 43.9 Å². The van der Waals surface area contributed by atoms with Crippen LogP contribution in [-0.2, 0) is 16.0 Å². The van der Waals surface area contributed by atoms with Gasteiger partial charge in [-0.3, -0.25) is 9.59 Å². The minimum atomic E-state index is -0.0273. The fourth-order valence-electron chi connectivity index (χ4n) is 2.79. The van der Waals surface area contributed by atoms with Crippen LogP contribution in [-0.4, -0.2) is 72.8 Å². The van der Waals surface area contributed by atoms with Crippen LogP contribution in [0.1, 0.15) is 18.9 Å². The van der Waals surface area contributed by atoms with Crippen LogP contribution in [0.15, 0.2) is 30.3 Å². The number of carbonyl (C=O) groups excluding carboxylic acids is 2. The highest BCUT2D eigenvalue weighted by Gasteiger charge is 2.22. The molecule has 23 heavy (non-hydrogen) atoms. The summed E-state index contributed by atoms with van der Waals surface area (Å²) >= 11 is 0. The lowest BCUT2D eigenvalue weighted by Gasteiger charge is -2.33. The molecular formula is C18H27N3O2. The summed E-state index contributed by atoms with van der Waals surface area (Å²) in [4.78, 5) is 29.9. The van der Waals surface area contributed by atoms with E-state index in [1.165, 1.54) is 5.56 Å². The number of likely N-dealkylation sites (N-methyl/N-ethyl adjacent to an activating group) is 1. The zero-order valence-corrected chi connectivity index (χ0v) is 14.2. The van der Waals surface area contributed by atoms with E-state index in [0.717, 1.165) is 39.0 Å². The number of rotatable bonds is 6. The van der Waals surface area contributed by atoms with Crippen molar-refractivity contribution in [3.63, 3.8) is 0 Å². The molecule has 5 heteroatoms. The van der Waals surface area contributed by atoms with E-state index in [1.54, 1.807) is 11.8 Å². The summed E-state index contributed by atoms with van der Waals surface area (Å²) in [6.45, 7) is 5.69. The van der Waals surface area contributed by atoms with Crippen LogP contribution >= 0.6 is 0 Å². The second kappa shape index (κ2) is 8.67. The Morgan fingerprint density at radius 3 is 2.35 bits per heavy atom. The van der Waals surface area contributed by atoms with Gasteiger partial charge < -0.3 is 14.7 Å². The number of amides is 2. The van der Waals surface area contributed by atoms with E-state index in [9.17, 15) is 9.59 Å². The van der Waals surface area contributed by atoms with Crippen molar-refractivity contribution < 1.29 is 9.59 Å². The smallest absolute Gasteiger partial charge is 0.242 e. The zero-order chi connectivity index (χ0) is 16.7. The number of carbonyl (C=O) groups is 2. The molecule has 0 radical (unpaired) electrons. The Morgan fingerprint density at radius 2 is 1.74 bits per heavy atom. The van der Waals surface area contributed by atoms with Crippen LogP contribution in [0.3, 0.4) is 0 Å². The second-order valence-corrected chi connectivity index (χ2v) is 6.21. The fraction of sp³-hybridized carbons (Fsp3) is 0.556. The molecule has 1 heterocycles. The molecule has 0 atom stereocenters. The molecule has 5 nitrogen and oxygen atoms in total. The van der Waals surface area contributed by atoms with E-state index >= 15 is 0 Å². The van der Waals surface area contributed by atoms with E-state index in [4.69, 9.17) is 0 Å². The number of aryl methyl sites for hydroxylation is 1. The van der Waals surface area contributed by atoms with Crippen LogP contribution in [0.25, 0.3) is 0 Å². The van der Waals surface area contributed by atoms with Crippen LogP contribution < -0.4 is 0 Å². The van der Waals surface area contributed by atoms with Crippen LogP contribution in [0.4, 0.5) is 0 Å². The molecule has 0 aliphatic carbocycles. The molecule has 0 saturated carbocycles. The Bertz CT molecular complexity index is 510. The molecule has 0 spiro atoms. The number of hydrogen-bond acceptors (Lipinski definition) is 3. The first-order valence-corrected chi connectivity index (χ1v) is 8.32. The zero-order valence-electron chi connectivity index (χ0n) is 14.2. The van der Waals surface area contributed by atoms with Gasteiger partial charge in [-0.15, -0.1) is 0 Å². The molecular weight excluding hydrogens is 290 g/mol. The first-order valence-electron chi connectivity index (χ1n) is 8.32. The first-order chi connectivity index (χ1) is 11.1. The maximum atomic E-state index is 12.4. The molecule has 1 aromatic rings. The third-order valence-electron chi connectivity index (χ3n) is 4.36. The Labute approximate surface area is 138 Å². The molecule has 0 bridgehead atoms. The largest absolute Gasteiger partial charge is 0.339 e. The summed E-state index contributed by atoms with van der Waals surface area (Å²) in [5.74, 6) is 0.0357. The molecule has 1 fully saturated rings. The fourth-order valence-corrected chi connectivity index (χ4v) is 2.79. The van der Waals surface area contributed by atoms with Crippen LogP contribution in [0.5, 0.6) is 0 Å². The van der Waals surface area contributed by atoms with Crippen LogP contribution in [0.2, 0.25) is 0 Å². The Hall–Kier alpha value is -1.88. The molecule has 2 amide bonds. The van der Waals surface area contributed by atoms with Crippen molar-refractivity contribution in [3.05, 3.63) is 35.9 Å². The predicted octanol–water partition coefficient (Wildman–Crippen LogP) is 1.24. The summed E-state index contributed by atoms with van der Waals surface area (Å²) in [5.41, 5.74) is 1.27. The second-order valence-electron chi connectivity index (χ2n) is 6.21. The number of benzene rings is 1. The average molecular weight is 317 g/mol. The minimum Gasteiger partial charge on any atom is -0.339 e. The van der Waals surface area contributed by atoms with E-state index in [1.807, 2.05) is 23.1 Å². The van der Waals surface area contributed by atoms with Gasteiger partial charge in [0.15, 0.2) is 0 Å². The van der Waals surface area contributed by atoms with Crippen LogP contribution in [0, 0.1) is 0 Å². The molecule has 0 unspecified atom stereocenters. The van der Waals surface area contributed by atoms with Crippen molar-refractivity contribution in [1.29, 1.82) is 0 Å². The van der Waals surface area contributed by atoms with E-state index in [-0.39, 0.29) is 18.4 Å². The Kier molecular flexibility index (Phi) is 6.59. The highest BCUT2D eigenvalue weighted by molar-refractivity contribution is 5.83. The lowest BCUT2D eigenvalue weighted by Crippen LogP contribution is -2.50. The summed E-state index contributed by atoms with van der Waals surface area (Å²) in [7, 11) is 2.06. The first kappa shape index (κ1) is 17.5. The summed E-state index contributed by atoms with van der Waals surface area (Å²) < 4.78 is 0. The van der Waals surface area contributed by atoms with Gasteiger partial charge in [0, 0.05) is 39.6 Å². The Balaban J connectivity index is 1.79. The van der Waals surface area contributed by atoms with E-state index in [0.29, 0.717) is 6.54 Å². The van der Waals surface area contributed by atoms with Gasteiger partial charge in [-0.2, -0.15) is 0 Å². The van der Waals surface area contributed by atoms with Gasteiger partial charge >= 0.3 is 0 Å². The maximum absolute atomic E-state index is 12.4. The number of nitrogens with zero attached hydrogens (tertiary/aromatic N) is 3. The average Bonchev–Trinajstić information content (AvgIpc) is 2.55. The molecule has 1 aliphatic heterocycles. The highest BCUT2D eigenvalue weighted by atomic mass is 16.2. The minimum absolute atomic E-state index is 0.0273. The predicted molar refractivity (Wildman–Crippen MR) is 91.1 cm³/mol. The summed E-state index contributed by atoms with van der Waals surface area (Å²) in [5, 5.41) is 0. The molecule has 2 rings (SSSR count). The van der Waals surface area contributed by atoms with Crippen molar-refractivity contribution in [2.75, 3.05) is 46.3 Å². The quantitative estimate of drug-likeness (QED) is 0.793. The highest BCUT2D eigenvalue weighted by Crippen LogP contribution is 2.06. The van der Waals surface area contributed by atoms with E-state index < -0.39 is 0 Å². The molecule has 1 aromatic carbocycles. The lowest BCUT2D eigenvalue weighted by molar-refractivity contribution is -0.140. The third kappa shape index (κ3) is 5.67. The van der Waals surface area contributed by atoms with Crippen molar-refractivity contribution in [2.24, 2.45) is 0 Å². The standard InChI is InChI=1S/C18H27N3O2/c1-16(22)21(10-6-9-17-7-4-3-5-8-17)15-18(23)20-13-11-19(2)12-14-20/h3-5,7-8H,6,9-15H2,1-2H3. The van der Waals surface area contributed by atoms with Crippen molar-refractivity contribution in [2.45, 2.75) is 19.8 Å². The van der Waals surface area contributed by atoms with E-state index in [2.05, 4.69) is 24.1 Å². The number of piperazine rings is 1. The van der Waals surface area contributed by atoms with Gasteiger partial charge in [-0.1, -0.05) is 30.3 Å². The van der Waals surface area contributed by atoms with Gasteiger partial charge in [0.25, 0.3) is 0 Å². The van der Waals surface area contributed by atoms with Crippen molar-refractivity contribution >= 4 is 11.8 Å². The van der Waals surface area contributed by atoms with Gasteiger partial charge in [0.05, 0.1) is 6.54 Å². The normalized spacial score (nSPS) is 15.5. The van der Waals surface area contributed by atoms with Gasteiger partial charge in [-0.05, 0) is 25.5 Å². The molecule has 1 aliphatic rings. The van der Waals surface area contributed by atoms with Gasteiger partial charge in [0.1, 0.15) is 0 Å². The molecule has 126 valence electrons. The summed E-state index contributed by atoms with van der Waals surface area (Å²) in [6, 6.07) is 10.2. The van der Waals surface area contributed by atoms with Gasteiger partial charge in [-0.25, -0.2) is 0 Å². The molecule has 0 N–H and O–H groups in total. The molecule has 0 aromatic heterocycles. The summed E-state index contributed by atoms with van der Waals surface area (Å²) in [6.07, 6.45) is 1.80. The molecule has 1 saturated heterocycles. The monoisotopic (exact) mass is 317 g/mol. The third-order valence-corrected chi connectivity index (χ3v) is 4.36. The van der Waals surface area contributed by atoms with Crippen molar-refractivity contribution in [1.82, 2.24) is 14.7 Å². The van der Waals surface area contributed by atoms with Gasteiger partial charge in [0.2, 0.25) is 11.8 Å². The van der Waals surface area contributed by atoms with Crippen molar-refractivity contribution in [3.8, 4) is 0 Å². The Morgan fingerprint density at radius 1 is 1.09 bits per heavy atom. The maximum Gasteiger partial charge on any atom is 0.242 e.